The Morgan fingerprint density at radius 2 is 2.33 bits per heavy atom. The Morgan fingerprint density at radius 1 is 1.67 bits per heavy atom. The van der Waals surface area contributed by atoms with Crippen LogP contribution in [-0.2, 0) is 0 Å². The predicted octanol–water partition coefficient (Wildman–Crippen LogP) is 1.99. The van der Waals surface area contributed by atoms with Crippen molar-refractivity contribution in [2.24, 2.45) is 0 Å². The summed E-state index contributed by atoms with van der Waals surface area (Å²) in [4.78, 5) is 14.3. The van der Waals surface area contributed by atoms with E-state index in [1.807, 2.05) is 0 Å². The Labute approximate surface area is 78.5 Å². The van der Waals surface area contributed by atoms with Crippen LogP contribution in [0.4, 0.5) is 0 Å². The van der Waals surface area contributed by atoms with Gasteiger partial charge in [0.25, 0.3) is 5.24 Å². The van der Waals surface area contributed by atoms with E-state index >= 15 is 0 Å². The summed E-state index contributed by atoms with van der Waals surface area (Å²) in [6, 6.07) is 3.17. The molecule has 0 N–H and O–H groups in total. The van der Waals surface area contributed by atoms with Crippen LogP contribution in [0.25, 0.3) is 0 Å². The molecule has 1 rings (SSSR count). The molecule has 0 saturated carbocycles. The molecule has 0 fully saturated rings. The predicted molar refractivity (Wildman–Crippen MR) is 44.1 cm³/mol. The van der Waals surface area contributed by atoms with Crippen molar-refractivity contribution in [1.29, 1.82) is 5.26 Å². The maximum Gasteiger partial charge on any atom is 0.272 e. The summed E-state index contributed by atoms with van der Waals surface area (Å²) in [5.74, 6) is 0. The second-order valence-corrected chi connectivity index (χ2v) is 2.65. The van der Waals surface area contributed by atoms with Crippen LogP contribution < -0.4 is 0 Å². The number of carbonyl (C=O) groups is 1. The highest BCUT2D eigenvalue weighted by Crippen LogP contribution is 2.17. The summed E-state index contributed by atoms with van der Waals surface area (Å²) in [7, 11) is 0. The first-order chi connectivity index (χ1) is 5.66. The molecule has 5 heteroatoms. The van der Waals surface area contributed by atoms with E-state index in [4.69, 9.17) is 28.5 Å². The summed E-state index contributed by atoms with van der Waals surface area (Å²) >= 11 is 10.7. The van der Waals surface area contributed by atoms with E-state index in [9.17, 15) is 4.79 Å². The van der Waals surface area contributed by atoms with Crippen LogP contribution in [0.1, 0.15) is 16.1 Å². The topological polar surface area (TPSA) is 53.8 Å². The summed E-state index contributed by atoms with van der Waals surface area (Å²) in [6.07, 6.45) is 1.32. The maximum atomic E-state index is 10.7. The van der Waals surface area contributed by atoms with Crippen molar-refractivity contribution < 1.29 is 4.79 Å². The molecule has 3 nitrogen and oxygen atoms in total. The third-order valence-corrected chi connectivity index (χ3v) is 1.69. The van der Waals surface area contributed by atoms with Crippen LogP contribution in [-0.4, -0.2) is 10.2 Å². The summed E-state index contributed by atoms with van der Waals surface area (Å²) in [5, 5.41) is 7.96. The van der Waals surface area contributed by atoms with Gasteiger partial charge in [-0.25, -0.2) is 0 Å². The summed E-state index contributed by atoms with van der Waals surface area (Å²) < 4.78 is 0. The number of hydrogen-bond acceptors (Lipinski definition) is 3. The lowest BCUT2D eigenvalue weighted by Crippen LogP contribution is -1.98. The molecule has 0 radical (unpaired) electrons. The number of pyridine rings is 1. The smallest absolute Gasteiger partial charge is 0.272 e. The first-order valence-corrected chi connectivity index (χ1v) is 3.67. The highest BCUT2D eigenvalue weighted by atomic mass is 35.5. The van der Waals surface area contributed by atoms with Crippen LogP contribution in [0, 0.1) is 11.3 Å². The largest absolute Gasteiger partial charge is 0.274 e. The Kier molecular flexibility index (Phi) is 2.64. The monoisotopic (exact) mass is 200 g/mol. The number of carbonyl (C=O) groups excluding carboxylic acids is 1. The maximum absolute atomic E-state index is 10.7. The lowest BCUT2D eigenvalue weighted by atomic mass is 10.2. The summed E-state index contributed by atoms with van der Waals surface area (Å²) in [5.41, 5.74) is -0.0918. The minimum atomic E-state index is -0.783. The SMILES string of the molecule is N#Cc1c(Cl)ccnc1C(=O)Cl. The minimum Gasteiger partial charge on any atom is -0.274 e. The van der Waals surface area contributed by atoms with Gasteiger partial charge in [-0.05, 0) is 17.7 Å². The average molecular weight is 201 g/mol. The Morgan fingerprint density at radius 3 is 2.75 bits per heavy atom. The van der Waals surface area contributed by atoms with Crippen molar-refractivity contribution in [3.8, 4) is 6.07 Å². The Hall–Kier alpha value is -1.11. The van der Waals surface area contributed by atoms with Crippen molar-refractivity contribution in [3.05, 3.63) is 28.5 Å². The van der Waals surface area contributed by atoms with Gasteiger partial charge >= 0.3 is 0 Å². The molecule has 0 aliphatic rings. The zero-order valence-corrected chi connectivity index (χ0v) is 7.23. The van der Waals surface area contributed by atoms with Gasteiger partial charge < -0.3 is 0 Å². The van der Waals surface area contributed by atoms with Crippen molar-refractivity contribution in [3.63, 3.8) is 0 Å². The zero-order chi connectivity index (χ0) is 9.14. The van der Waals surface area contributed by atoms with Gasteiger partial charge in [0.05, 0.1) is 5.02 Å². The molecule has 0 aliphatic carbocycles. The molecule has 60 valence electrons. The standard InChI is InChI=1S/C7H2Cl2N2O/c8-5-1-2-11-6(7(9)12)4(5)3-10/h1-2H. The third kappa shape index (κ3) is 1.55. The second-order valence-electron chi connectivity index (χ2n) is 1.90. The Balaban J connectivity index is 3.40. The van der Waals surface area contributed by atoms with E-state index in [2.05, 4.69) is 4.98 Å². The molecule has 0 bridgehead atoms. The number of halogens is 2. The van der Waals surface area contributed by atoms with Gasteiger partial charge in [0.1, 0.15) is 17.3 Å². The molecule has 1 aromatic heterocycles. The van der Waals surface area contributed by atoms with E-state index < -0.39 is 5.24 Å². The first kappa shape index (κ1) is 8.98. The van der Waals surface area contributed by atoms with Crippen LogP contribution >= 0.6 is 23.2 Å². The molecule has 0 aromatic carbocycles. The van der Waals surface area contributed by atoms with Gasteiger partial charge in [-0.15, -0.1) is 0 Å². The molecule has 0 unspecified atom stereocenters. The molecule has 0 aliphatic heterocycles. The highest BCUT2D eigenvalue weighted by molar-refractivity contribution is 6.67. The lowest BCUT2D eigenvalue weighted by Gasteiger charge is -1.96. The summed E-state index contributed by atoms with van der Waals surface area (Å²) in [6.45, 7) is 0. The van der Waals surface area contributed by atoms with Crippen LogP contribution in [0.2, 0.25) is 5.02 Å². The number of aromatic nitrogens is 1. The van der Waals surface area contributed by atoms with E-state index in [1.54, 1.807) is 6.07 Å². The van der Waals surface area contributed by atoms with Gasteiger partial charge in [-0.3, -0.25) is 9.78 Å². The molecule has 0 spiro atoms. The van der Waals surface area contributed by atoms with Crippen molar-refractivity contribution in [1.82, 2.24) is 4.98 Å². The normalized spacial score (nSPS) is 9.08. The number of hydrogen-bond donors (Lipinski definition) is 0. The highest BCUT2D eigenvalue weighted by Gasteiger charge is 2.12. The first-order valence-electron chi connectivity index (χ1n) is 2.91. The van der Waals surface area contributed by atoms with Crippen LogP contribution in [0.15, 0.2) is 12.3 Å². The quantitative estimate of drug-likeness (QED) is 0.652. The fraction of sp³-hybridized carbons (Fsp3) is 0. The number of nitriles is 1. The minimum absolute atomic E-state index is 0.0131. The number of rotatable bonds is 1. The van der Waals surface area contributed by atoms with Gasteiger partial charge in [-0.2, -0.15) is 5.26 Å². The zero-order valence-electron chi connectivity index (χ0n) is 5.71. The van der Waals surface area contributed by atoms with Crippen molar-refractivity contribution >= 4 is 28.4 Å². The molecule has 0 saturated heterocycles. The molecular formula is C7H2Cl2N2O. The van der Waals surface area contributed by atoms with Gasteiger partial charge in [0, 0.05) is 6.20 Å². The van der Waals surface area contributed by atoms with E-state index in [-0.39, 0.29) is 16.3 Å². The van der Waals surface area contributed by atoms with Crippen LogP contribution in [0.5, 0.6) is 0 Å². The molecule has 0 amide bonds. The average Bonchev–Trinajstić information content (AvgIpc) is 2.03. The Bertz CT molecular complexity index is 370. The molecular weight excluding hydrogens is 199 g/mol. The fourth-order valence-electron chi connectivity index (χ4n) is 0.694. The third-order valence-electron chi connectivity index (χ3n) is 1.20. The van der Waals surface area contributed by atoms with Crippen molar-refractivity contribution in [2.75, 3.05) is 0 Å². The molecule has 12 heavy (non-hydrogen) atoms. The van der Waals surface area contributed by atoms with E-state index in [0.717, 1.165) is 0 Å². The molecule has 1 heterocycles. The van der Waals surface area contributed by atoms with Gasteiger partial charge in [-0.1, -0.05) is 11.6 Å². The molecule has 1 aromatic rings. The van der Waals surface area contributed by atoms with Gasteiger partial charge in [0.15, 0.2) is 0 Å². The lowest BCUT2D eigenvalue weighted by molar-refractivity contribution is 0.107. The molecule has 0 atom stereocenters. The van der Waals surface area contributed by atoms with Crippen molar-refractivity contribution in [2.45, 2.75) is 0 Å². The fourth-order valence-corrected chi connectivity index (χ4v) is 1.03. The van der Waals surface area contributed by atoms with E-state index in [1.165, 1.54) is 12.3 Å². The van der Waals surface area contributed by atoms with E-state index in [0.29, 0.717) is 0 Å². The second kappa shape index (κ2) is 3.53. The number of nitrogens with zero attached hydrogens (tertiary/aromatic N) is 2. The van der Waals surface area contributed by atoms with Gasteiger partial charge in [0.2, 0.25) is 0 Å². The van der Waals surface area contributed by atoms with Crippen LogP contribution in [0.3, 0.4) is 0 Å².